The highest BCUT2D eigenvalue weighted by atomic mass is 16.5. The summed E-state index contributed by atoms with van der Waals surface area (Å²) in [6.07, 6.45) is 10.7. The molecule has 3 aromatic heterocycles. The summed E-state index contributed by atoms with van der Waals surface area (Å²) in [5.74, 6) is 7.14. The van der Waals surface area contributed by atoms with Crippen LogP contribution in [0, 0.1) is 23.2 Å². The topological polar surface area (TPSA) is 135 Å². The highest BCUT2D eigenvalue weighted by molar-refractivity contribution is 6.08. The zero-order valence-corrected chi connectivity index (χ0v) is 34.5. The quantitative estimate of drug-likeness (QED) is 0.148. The molecule has 3 fully saturated rings. The summed E-state index contributed by atoms with van der Waals surface area (Å²) >= 11 is 0. The van der Waals surface area contributed by atoms with Crippen molar-refractivity contribution in [3.05, 3.63) is 126 Å². The summed E-state index contributed by atoms with van der Waals surface area (Å²) in [6, 6.07) is 25.4. The third-order valence-electron chi connectivity index (χ3n) is 12.6. The van der Waals surface area contributed by atoms with Crippen molar-refractivity contribution in [1.29, 1.82) is 5.26 Å². The molecule has 4 aliphatic rings. The number of nitrogens with one attached hydrogen (secondary N) is 1. The molecule has 0 bridgehead atoms. The van der Waals surface area contributed by atoms with Crippen molar-refractivity contribution in [2.45, 2.75) is 69.4 Å². The number of carbonyl (C=O) groups excluding carboxylic acids is 2. The molecule has 12 nitrogen and oxygen atoms in total. The standard InChI is InChI=1S/C50H45N7O5/c1-31-5-11-46(49(58)54-31)57-30-36-23-39(8-10-42(36)50(57)59)60-19-3-4-32-20-33(27-51)22-37(21-32)56-17-14-38(15-18-56)61-40-25-41(26-40)62-48-12-7-35(28-53-48)34-6-9-43-44-29-52-16-13-45(44)55(2)47(43)24-34/h6-10,12-13,16,20-24,28-29,38,40-41,46H,1,5,11,14-15,17-19,25-26,30H2,2H3,(H,54,58). The van der Waals surface area contributed by atoms with E-state index in [-0.39, 0.29) is 36.7 Å². The zero-order chi connectivity index (χ0) is 42.3. The van der Waals surface area contributed by atoms with Gasteiger partial charge in [-0.2, -0.15) is 5.26 Å². The van der Waals surface area contributed by atoms with Gasteiger partial charge in [0, 0.05) is 109 Å². The molecule has 6 heterocycles. The average Bonchev–Trinajstić information content (AvgIpc) is 3.76. The third-order valence-corrected chi connectivity index (χ3v) is 12.6. The number of nitriles is 1. The number of fused-ring (bicyclic) bond motifs is 4. The summed E-state index contributed by atoms with van der Waals surface area (Å²) < 4.78 is 20.9. The Morgan fingerprint density at radius 2 is 1.71 bits per heavy atom. The van der Waals surface area contributed by atoms with Crippen molar-refractivity contribution in [2.24, 2.45) is 7.05 Å². The molecular formula is C50H45N7O5. The first kappa shape index (κ1) is 39.0. The molecule has 3 aromatic carbocycles. The van der Waals surface area contributed by atoms with E-state index in [1.54, 1.807) is 23.1 Å². The summed E-state index contributed by atoms with van der Waals surface area (Å²) in [7, 11) is 2.09. The van der Waals surface area contributed by atoms with Gasteiger partial charge < -0.3 is 33.9 Å². The van der Waals surface area contributed by atoms with Gasteiger partial charge in [-0.25, -0.2) is 4.98 Å². The number of carbonyl (C=O) groups is 2. The van der Waals surface area contributed by atoms with Gasteiger partial charge in [0.25, 0.3) is 5.91 Å². The normalized spacial score (nSPS) is 20.0. The lowest BCUT2D eigenvalue weighted by molar-refractivity contribution is -0.126. The molecule has 1 unspecified atom stereocenters. The van der Waals surface area contributed by atoms with E-state index in [1.807, 2.05) is 48.9 Å². The number of rotatable bonds is 9. The summed E-state index contributed by atoms with van der Waals surface area (Å²) in [6.45, 7) is 5.97. The lowest BCUT2D eigenvalue weighted by atomic mass is 9.91. The van der Waals surface area contributed by atoms with Gasteiger partial charge >= 0.3 is 0 Å². The second-order valence-corrected chi connectivity index (χ2v) is 16.6. The van der Waals surface area contributed by atoms with Crippen molar-refractivity contribution in [1.82, 2.24) is 24.8 Å². The number of allylic oxidation sites excluding steroid dienone is 1. The molecule has 12 heteroatoms. The Kier molecular flexibility index (Phi) is 10.3. The Balaban J connectivity index is 0.681. The van der Waals surface area contributed by atoms with E-state index in [9.17, 15) is 14.9 Å². The Bertz CT molecular complexity index is 2860. The minimum absolute atomic E-state index is 0.0849. The molecule has 10 rings (SSSR count). The summed E-state index contributed by atoms with van der Waals surface area (Å²) in [4.78, 5) is 38.5. The van der Waals surface area contributed by atoms with Crippen LogP contribution in [-0.2, 0) is 23.1 Å². The molecule has 2 amide bonds. The third kappa shape index (κ3) is 7.70. The van der Waals surface area contributed by atoms with Gasteiger partial charge in [0.2, 0.25) is 11.8 Å². The van der Waals surface area contributed by atoms with Crippen molar-refractivity contribution >= 4 is 39.3 Å². The van der Waals surface area contributed by atoms with Gasteiger partial charge in [0.1, 0.15) is 24.5 Å². The number of benzene rings is 3. The summed E-state index contributed by atoms with van der Waals surface area (Å²) in [5, 5.41) is 14.9. The van der Waals surface area contributed by atoms with Crippen LogP contribution < -0.4 is 19.7 Å². The number of aromatic nitrogens is 3. The lowest BCUT2D eigenvalue weighted by Gasteiger charge is -2.40. The second-order valence-electron chi connectivity index (χ2n) is 16.6. The molecule has 2 saturated heterocycles. The first-order valence-electron chi connectivity index (χ1n) is 21.2. The van der Waals surface area contributed by atoms with E-state index in [1.165, 1.54) is 5.39 Å². The Morgan fingerprint density at radius 3 is 2.52 bits per heavy atom. The Hall–Kier alpha value is -7.15. The number of pyridine rings is 2. The molecule has 1 aliphatic carbocycles. The van der Waals surface area contributed by atoms with E-state index in [0.29, 0.717) is 47.8 Å². The number of anilines is 1. The van der Waals surface area contributed by atoms with E-state index in [2.05, 4.69) is 80.6 Å². The molecule has 1 N–H and O–H groups in total. The van der Waals surface area contributed by atoms with Crippen LogP contribution in [0.3, 0.4) is 0 Å². The van der Waals surface area contributed by atoms with Crippen LogP contribution in [0.1, 0.15) is 65.6 Å². The van der Waals surface area contributed by atoms with Crippen LogP contribution in [0.4, 0.5) is 5.69 Å². The predicted octanol–water partition coefficient (Wildman–Crippen LogP) is 7.43. The van der Waals surface area contributed by atoms with Crippen molar-refractivity contribution in [3.8, 4) is 40.7 Å². The molecule has 0 radical (unpaired) electrons. The Labute approximate surface area is 359 Å². The van der Waals surface area contributed by atoms with E-state index in [4.69, 9.17) is 14.2 Å². The minimum Gasteiger partial charge on any atom is -0.481 e. The van der Waals surface area contributed by atoms with Gasteiger partial charge in [0.15, 0.2) is 0 Å². The summed E-state index contributed by atoms with van der Waals surface area (Å²) in [5.41, 5.74) is 8.83. The minimum atomic E-state index is -0.510. The van der Waals surface area contributed by atoms with Crippen LogP contribution in [0.25, 0.3) is 32.9 Å². The van der Waals surface area contributed by atoms with Gasteiger partial charge in [0.05, 0.1) is 29.4 Å². The number of hydrogen-bond acceptors (Lipinski definition) is 9. The maximum absolute atomic E-state index is 13.1. The maximum Gasteiger partial charge on any atom is 0.255 e. The van der Waals surface area contributed by atoms with Gasteiger partial charge in [-0.15, -0.1) is 0 Å². The van der Waals surface area contributed by atoms with Crippen LogP contribution in [0.2, 0.25) is 0 Å². The maximum atomic E-state index is 13.1. The van der Waals surface area contributed by atoms with Crippen LogP contribution >= 0.6 is 0 Å². The van der Waals surface area contributed by atoms with Crippen molar-refractivity contribution in [2.75, 3.05) is 24.6 Å². The number of aryl methyl sites for hydroxylation is 1. The van der Waals surface area contributed by atoms with Crippen LogP contribution in [-0.4, -0.2) is 75.3 Å². The van der Waals surface area contributed by atoms with Gasteiger partial charge in [-0.3, -0.25) is 14.6 Å². The highest BCUT2D eigenvalue weighted by Gasteiger charge is 2.38. The molecule has 6 aromatic rings. The van der Waals surface area contributed by atoms with Crippen LogP contribution in [0.15, 0.2) is 104 Å². The average molecular weight is 824 g/mol. The van der Waals surface area contributed by atoms with E-state index >= 15 is 0 Å². The fraction of sp³-hybridized carbons (Fsp3) is 0.300. The number of piperidine rings is 2. The first-order chi connectivity index (χ1) is 30.3. The number of nitrogens with zero attached hydrogens (tertiary/aromatic N) is 6. The molecule has 0 spiro atoms. The van der Waals surface area contributed by atoms with Crippen molar-refractivity contribution in [3.63, 3.8) is 0 Å². The fourth-order valence-corrected chi connectivity index (χ4v) is 9.18. The fourth-order valence-electron chi connectivity index (χ4n) is 9.18. The largest absolute Gasteiger partial charge is 0.481 e. The zero-order valence-electron chi connectivity index (χ0n) is 34.5. The second kappa shape index (κ2) is 16.4. The number of amides is 2. The van der Waals surface area contributed by atoms with E-state index in [0.717, 1.165) is 83.1 Å². The lowest BCUT2D eigenvalue weighted by Crippen LogP contribution is -2.49. The monoisotopic (exact) mass is 823 g/mol. The molecule has 310 valence electrons. The Morgan fingerprint density at radius 1 is 0.871 bits per heavy atom. The van der Waals surface area contributed by atoms with E-state index < -0.39 is 6.04 Å². The smallest absolute Gasteiger partial charge is 0.255 e. The molecule has 3 aliphatic heterocycles. The molecule has 1 atom stereocenters. The van der Waals surface area contributed by atoms with Crippen molar-refractivity contribution < 1.29 is 23.8 Å². The number of hydrogen-bond donors (Lipinski definition) is 1. The molecule has 62 heavy (non-hydrogen) atoms. The number of ether oxygens (including phenoxy) is 3. The van der Waals surface area contributed by atoms with Gasteiger partial charge in [-0.1, -0.05) is 30.6 Å². The highest BCUT2D eigenvalue weighted by Crippen LogP contribution is 2.35. The van der Waals surface area contributed by atoms with Gasteiger partial charge in [-0.05, 0) is 91.4 Å². The predicted molar refractivity (Wildman–Crippen MR) is 235 cm³/mol. The van der Waals surface area contributed by atoms with Crippen LogP contribution in [0.5, 0.6) is 11.6 Å². The first-order valence-corrected chi connectivity index (χ1v) is 21.2. The SMILES string of the molecule is C=C1CCC(N2Cc3cc(OCC#Cc4cc(C#N)cc(N5CCC(OC6CC(Oc7ccc(-c8ccc9c%10cnccc%10n(C)c9c8)cn7)C6)CC5)c4)ccc3C2=O)C(=O)N1. The molecule has 1 saturated carbocycles. The molecular weight excluding hydrogens is 779 g/mol.